The topological polar surface area (TPSA) is 86.3 Å². The van der Waals surface area contributed by atoms with Gasteiger partial charge in [0.25, 0.3) is 5.91 Å². The summed E-state index contributed by atoms with van der Waals surface area (Å²) in [7, 11) is 6.22. The fourth-order valence-electron chi connectivity index (χ4n) is 4.28. The second-order valence-electron chi connectivity index (χ2n) is 8.14. The van der Waals surface area contributed by atoms with Crippen molar-refractivity contribution >= 4 is 35.0 Å². The van der Waals surface area contributed by atoms with Crippen molar-refractivity contribution < 1.29 is 28.5 Å². The number of nitrogens with zero attached hydrogens (tertiary/aromatic N) is 1. The molecule has 2 amide bonds. The maximum Gasteiger partial charge on any atom is 0.255 e. The van der Waals surface area contributed by atoms with Gasteiger partial charge in [-0.05, 0) is 42.3 Å². The molecule has 1 fully saturated rings. The Labute approximate surface area is 215 Å². The second-order valence-corrected chi connectivity index (χ2v) is 8.99. The molecule has 0 aliphatic carbocycles. The molecular weight excluding hydrogens is 495 g/mol. The Kier molecular flexibility index (Phi) is 9.48. The largest absolute Gasteiger partial charge is 0.493 e. The van der Waals surface area contributed by atoms with Crippen LogP contribution in [0.25, 0.3) is 0 Å². The van der Waals surface area contributed by atoms with Crippen molar-refractivity contribution in [2.24, 2.45) is 5.92 Å². The molecule has 190 valence electrons. The number of benzene rings is 2. The molecule has 2 aromatic carbocycles. The lowest BCUT2D eigenvalue weighted by Crippen LogP contribution is -2.36. The van der Waals surface area contributed by atoms with Crippen molar-refractivity contribution in [2.75, 3.05) is 54.7 Å². The fraction of sp³-hybridized carbons (Fsp3) is 0.440. The Morgan fingerprint density at radius 1 is 1.00 bits per heavy atom. The lowest BCUT2D eigenvalue weighted by atomic mass is 9.88. The summed E-state index contributed by atoms with van der Waals surface area (Å²) in [6.07, 6.45) is 0.687. The van der Waals surface area contributed by atoms with Gasteiger partial charge in [0, 0.05) is 44.3 Å². The van der Waals surface area contributed by atoms with Crippen LogP contribution in [0.1, 0.15) is 28.3 Å². The summed E-state index contributed by atoms with van der Waals surface area (Å²) < 4.78 is 21.5. The zero-order valence-electron chi connectivity index (χ0n) is 20.2. The summed E-state index contributed by atoms with van der Waals surface area (Å²) in [6, 6.07) is 8.39. The molecule has 0 radical (unpaired) electrons. The number of hydrogen-bond donors (Lipinski definition) is 1. The highest BCUT2D eigenvalue weighted by atomic mass is 35.5. The summed E-state index contributed by atoms with van der Waals surface area (Å²) in [5.41, 5.74) is 1.13. The molecule has 3 rings (SSSR count). The predicted octanol–water partition coefficient (Wildman–Crippen LogP) is 4.03. The van der Waals surface area contributed by atoms with Crippen molar-refractivity contribution in [2.45, 2.75) is 12.3 Å². The van der Waals surface area contributed by atoms with Crippen LogP contribution in [0.15, 0.2) is 30.3 Å². The van der Waals surface area contributed by atoms with E-state index in [9.17, 15) is 9.59 Å². The highest BCUT2D eigenvalue weighted by Gasteiger charge is 2.41. The van der Waals surface area contributed by atoms with Crippen LogP contribution in [-0.4, -0.2) is 71.4 Å². The number of carbonyl (C=O) groups excluding carboxylic acids is 2. The molecule has 2 aromatic rings. The SMILES string of the molecule is COCCCNC(=O)C1CN(C(=O)c2ccc(Cl)cc2Cl)CC1c1cc(OC)c(OC)c(OC)c1. The Bertz CT molecular complexity index is 1040. The molecule has 35 heavy (non-hydrogen) atoms. The summed E-state index contributed by atoms with van der Waals surface area (Å²) in [4.78, 5) is 28.2. The Morgan fingerprint density at radius 3 is 2.26 bits per heavy atom. The Morgan fingerprint density at radius 2 is 1.69 bits per heavy atom. The van der Waals surface area contributed by atoms with E-state index in [1.54, 1.807) is 24.1 Å². The number of nitrogens with one attached hydrogen (secondary N) is 1. The van der Waals surface area contributed by atoms with Gasteiger partial charge >= 0.3 is 0 Å². The van der Waals surface area contributed by atoms with Gasteiger partial charge in [-0.2, -0.15) is 0 Å². The third-order valence-corrected chi connectivity index (χ3v) is 6.59. The van der Waals surface area contributed by atoms with E-state index in [0.29, 0.717) is 54.0 Å². The zero-order chi connectivity index (χ0) is 25.5. The van der Waals surface area contributed by atoms with Gasteiger partial charge < -0.3 is 29.2 Å². The number of halogens is 2. The van der Waals surface area contributed by atoms with E-state index in [2.05, 4.69) is 5.32 Å². The minimum Gasteiger partial charge on any atom is -0.493 e. The first-order chi connectivity index (χ1) is 16.8. The zero-order valence-corrected chi connectivity index (χ0v) is 21.7. The number of likely N-dealkylation sites (tertiary alicyclic amines) is 1. The number of hydrogen-bond acceptors (Lipinski definition) is 6. The summed E-state index contributed by atoms with van der Waals surface area (Å²) in [5.74, 6) is 0.212. The molecule has 0 saturated carbocycles. The molecule has 1 N–H and O–H groups in total. The molecular formula is C25H30Cl2N2O6. The molecule has 10 heteroatoms. The van der Waals surface area contributed by atoms with Crippen molar-refractivity contribution in [3.63, 3.8) is 0 Å². The lowest BCUT2D eigenvalue weighted by molar-refractivity contribution is -0.125. The van der Waals surface area contributed by atoms with E-state index in [-0.39, 0.29) is 29.3 Å². The number of rotatable bonds is 10. The number of carbonyl (C=O) groups is 2. The number of amides is 2. The fourth-order valence-corrected chi connectivity index (χ4v) is 4.77. The number of methoxy groups -OCH3 is 4. The van der Waals surface area contributed by atoms with Gasteiger partial charge in [0.15, 0.2) is 11.5 Å². The molecule has 8 nitrogen and oxygen atoms in total. The highest BCUT2D eigenvalue weighted by molar-refractivity contribution is 6.36. The summed E-state index contributed by atoms with van der Waals surface area (Å²) >= 11 is 12.3. The monoisotopic (exact) mass is 524 g/mol. The van der Waals surface area contributed by atoms with Crippen molar-refractivity contribution in [3.05, 3.63) is 51.5 Å². The van der Waals surface area contributed by atoms with Crippen molar-refractivity contribution in [1.82, 2.24) is 10.2 Å². The van der Waals surface area contributed by atoms with Crippen LogP contribution in [0.2, 0.25) is 10.0 Å². The third kappa shape index (κ3) is 6.12. The first-order valence-corrected chi connectivity index (χ1v) is 11.9. The van der Waals surface area contributed by atoms with Gasteiger partial charge in [0.2, 0.25) is 11.7 Å². The average molecular weight is 525 g/mol. The molecule has 1 aliphatic rings. The second kappa shape index (κ2) is 12.3. The van der Waals surface area contributed by atoms with Gasteiger partial charge in [-0.3, -0.25) is 9.59 Å². The van der Waals surface area contributed by atoms with Gasteiger partial charge in [0.1, 0.15) is 0 Å². The van der Waals surface area contributed by atoms with Crippen LogP contribution in [0.5, 0.6) is 17.2 Å². The first-order valence-electron chi connectivity index (χ1n) is 11.1. The first kappa shape index (κ1) is 26.9. The molecule has 1 saturated heterocycles. The van der Waals surface area contributed by atoms with Crippen molar-refractivity contribution in [3.8, 4) is 17.2 Å². The van der Waals surface area contributed by atoms with Crippen LogP contribution in [0.4, 0.5) is 0 Å². The molecule has 0 bridgehead atoms. The van der Waals surface area contributed by atoms with E-state index < -0.39 is 5.92 Å². The van der Waals surface area contributed by atoms with Gasteiger partial charge in [-0.15, -0.1) is 0 Å². The quantitative estimate of drug-likeness (QED) is 0.472. The predicted molar refractivity (Wildman–Crippen MR) is 134 cm³/mol. The molecule has 1 aliphatic heterocycles. The van der Waals surface area contributed by atoms with Crippen LogP contribution >= 0.6 is 23.2 Å². The van der Waals surface area contributed by atoms with Crippen molar-refractivity contribution in [1.29, 1.82) is 0 Å². The highest BCUT2D eigenvalue weighted by Crippen LogP contribution is 2.43. The van der Waals surface area contributed by atoms with E-state index in [1.807, 2.05) is 12.1 Å². The van der Waals surface area contributed by atoms with Gasteiger partial charge in [0.05, 0.1) is 37.8 Å². The minimum absolute atomic E-state index is 0.141. The normalized spacial score (nSPS) is 17.3. The van der Waals surface area contributed by atoms with Crippen LogP contribution in [0.3, 0.4) is 0 Å². The van der Waals surface area contributed by atoms with Crippen LogP contribution in [-0.2, 0) is 9.53 Å². The van der Waals surface area contributed by atoms with E-state index in [1.165, 1.54) is 27.4 Å². The van der Waals surface area contributed by atoms with Crippen LogP contribution in [0, 0.1) is 5.92 Å². The molecule has 0 spiro atoms. The van der Waals surface area contributed by atoms with Gasteiger partial charge in [-0.25, -0.2) is 0 Å². The van der Waals surface area contributed by atoms with Gasteiger partial charge in [-0.1, -0.05) is 23.2 Å². The standard InChI is InChI=1S/C25H30Cl2N2O6/c1-32-9-5-8-28-24(30)19-14-29(25(31)17-7-6-16(26)12-20(17)27)13-18(19)15-10-21(33-2)23(35-4)22(11-15)34-3/h6-7,10-12,18-19H,5,8-9,13-14H2,1-4H3,(H,28,30). The van der Waals surface area contributed by atoms with E-state index in [0.717, 1.165) is 5.56 Å². The lowest BCUT2D eigenvalue weighted by Gasteiger charge is -2.21. The molecule has 1 heterocycles. The molecule has 0 aromatic heterocycles. The maximum atomic E-state index is 13.4. The van der Waals surface area contributed by atoms with E-state index >= 15 is 0 Å². The Balaban J connectivity index is 1.94. The maximum absolute atomic E-state index is 13.4. The number of ether oxygens (including phenoxy) is 4. The van der Waals surface area contributed by atoms with Crippen LogP contribution < -0.4 is 19.5 Å². The molecule has 2 unspecified atom stereocenters. The Hall–Kier alpha value is -2.68. The minimum atomic E-state index is -0.490. The van der Waals surface area contributed by atoms with E-state index in [4.69, 9.17) is 42.1 Å². The summed E-state index contributed by atoms with van der Waals surface area (Å²) in [6.45, 7) is 1.56. The molecule has 2 atom stereocenters. The average Bonchev–Trinajstić information content (AvgIpc) is 3.31. The third-order valence-electron chi connectivity index (χ3n) is 6.05. The summed E-state index contributed by atoms with van der Waals surface area (Å²) in [5, 5.41) is 3.67. The smallest absolute Gasteiger partial charge is 0.255 e.